The Morgan fingerprint density at radius 1 is 1.20 bits per heavy atom. The summed E-state index contributed by atoms with van der Waals surface area (Å²) in [5.74, 6) is 0.184. The topological polar surface area (TPSA) is 63.2 Å². The summed E-state index contributed by atoms with van der Waals surface area (Å²) in [6, 6.07) is 8.84. The monoisotopic (exact) mass is 371 g/mol. The highest BCUT2D eigenvalue weighted by Crippen LogP contribution is 2.30. The van der Waals surface area contributed by atoms with Crippen molar-refractivity contribution in [1.82, 2.24) is 4.98 Å². The van der Waals surface area contributed by atoms with Crippen LogP contribution in [0.15, 0.2) is 36.5 Å². The fourth-order valence-electron chi connectivity index (χ4n) is 2.42. The van der Waals surface area contributed by atoms with Gasteiger partial charge in [0.2, 0.25) is 0 Å². The van der Waals surface area contributed by atoms with Crippen molar-refractivity contribution in [2.24, 2.45) is 0 Å². The third kappa shape index (κ3) is 4.22. The standard InChI is InChI=1S/C16H16F3N3O2S/c1-10-13(20-7-6-14(10)24-9-16(17,18)19)8-25(23)15-21-11-4-2-3-5-12(11)22-15/h2-7,15,21-22H,8-9H2,1H3. The molecule has 0 spiro atoms. The molecule has 2 aromatic rings. The molecule has 1 aliphatic heterocycles. The Hall–Kier alpha value is -2.29. The van der Waals surface area contributed by atoms with Crippen molar-refractivity contribution in [3.63, 3.8) is 0 Å². The fraction of sp³-hybridized carbons (Fsp3) is 0.312. The zero-order chi connectivity index (χ0) is 18.0. The third-order valence-corrected chi connectivity index (χ3v) is 5.01. The first-order valence-electron chi connectivity index (χ1n) is 7.47. The Labute approximate surface area is 145 Å². The molecule has 0 aliphatic carbocycles. The molecule has 3 rings (SSSR count). The first-order valence-corrected chi connectivity index (χ1v) is 8.85. The lowest BCUT2D eigenvalue weighted by atomic mass is 10.2. The summed E-state index contributed by atoms with van der Waals surface area (Å²) >= 11 is 0. The smallest absolute Gasteiger partial charge is 0.422 e. The number of para-hydroxylation sites is 2. The van der Waals surface area contributed by atoms with Gasteiger partial charge in [0.05, 0.1) is 33.6 Å². The van der Waals surface area contributed by atoms with Crippen LogP contribution in [0.2, 0.25) is 0 Å². The first-order chi connectivity index (χ1) is 11.8. The number of nitrogens with one attached hydrogen (secondary N) is 2. The summed E-state index contributed by atoms with van der Waals surface area (Å²) in [5, 5.41) is 6.23. The number of benzene rings is 1. The van der Waals surface area contributed by atoms with Crippen molar-refractivity contribution < 1.29 is 22.1 Å². The second kappa shape index (κ2) is 6.91. The number of pyridine rings is 1. The fourth-order valence-corrected chi connectivity index (χ4v) is 3.67. The second-order valence-electron chi connectivity index (χ2n) is 5.52. The molecule has 0 saturated heterocycles. The van der Waals surface area contributed by atoms with E-state index in [-0.39, 0.29) is 11.5 Å². The number of aromatic nitrogens is 1. The van der Waals surface area contributed by atoms with Crippen molar-refractivity contribution >= 4 is 22.2 Å². The molecule has 5 nitrogen and oxygen atoms in total. The quantitative estimate of drug-likeness (QED) is 0.844. The minimum absolute atomic E-state index is 0.0910. The van der Waals surface area contributed by atoms with Gasteiger partial charge in [-0.25, -0.2) is 0 Å². The van der Waals surface area contributed by atoms with Crippen LogP contribution in [0.25, 0.3) is 0 Å². The highest BCUT2D eigenvalue weighted by Gasteiger charge is 2.29. The van der Waals surface area contributed by atoms with E-state index in [2.05, 4.69) is 15.6 Å². The van der Waals surface area contributed by atoms with Crippen LogP contribution in [0.1, 0.15) is 11.3 Å². The largest absolute Gasteiger partial charge is 0.484 e. The molecule has 9 heteroatoms. The van der Waals surface area contributed by atoms with E-state index in [0.717, 1.165) is 11.4 Å². The number of halogens is 3. The molecule has 0 fully saturated rings. The van der Waals surface area contributed by atoms with Crippen molar-refractivity contribution in [3.05, 3.63) is 47.8 Å². The molecule has 1 aliphatic rings. The summed E-state index contributed by atoms with van der Waals surface area (Å²) in [6.45, 7) is 0.233. The summed E-state index contributed by atoms with van der Waals surface area (Å²) in [5.41, 5.74) is 2.12. The number of nitrogens with zero attached hydrogens (tertiary/aromatic N) is 1. The van der Waals surface area contributed by atoms with Gasteiger partial charge < -0.3 is 15.4 Å². The lowest BCUT2D eigenvalue weighted by Gasteiger charge is -2.15. The van der Waals surface area contributed by atoms with E-state index in [0.29, 0.717) is 11.3 Å². The van der Waals surface area contributed by atoms with Crippen LogP contribution in [0.3, 0.4) is 0 Å². The Kier molecular flexibility index (Phi) is 4.85. The zero-order valence-electron chi connectivity index (χ0n) is 13.3. The van der Waals surface area contributed by atoms with Crippen LogP contribution in [0, 0.1) is 6.92 Å². The minimum atomic E-state index is -4.41. The van der Waals surface area contributed by atoms with Gasteiger partial charge in [-0.2, -0.15) is 13.2 Å². The lowest BCUT2D eigenvalue weighted by Crippen LogP contribution is -2.29. The summed E-state index contributed by atoms with van der Waals surface area (Å²) in [4.78, 5) is 4.13. The Bertz CT molecular complexity index is 773. The van der Waals surface area contributed by atoms with Crippen LogP contribution in [-0.4, -0.2) is 27.5 Å². The van der Waals surface area contributed by atoms with Gasteiger partial charge in [-0.1, -0.05) is 12.1 Å². The summed E-state index contributed by atoms with van der Waals surface area (Å²) in [7, 11) is -1.37. The van der Waals surface area contributed by atoms with Crippen LogP contribution >= 0.6 is 0 Å². The average Bonchev–Trinajstić information content (AvgIpc) is 2.99. The normalized spacial score (nSPS) is 15.2. The van der Waals surface area contributed by atoms with E-state index < -0.39 is 29.1 Å². The molecule has 2 heterocycles. The molecule has 0 amide bonds. The van der Waals surface area contributed by atoms with Crippen LogP contribution in [-0.2, 0) is 16.6 Å². The minimum Gasteiger partial charge on any atom is -0.484 e. The number of anilines is 2. The highest BCUT2D eigenvalue weighted by molar-refractivity contribution is 7.85. The summed E-state index contributed by atoms with van der Waals surface area (Å²) < 4.78 is 54.3. The van der Waals surface area contributed by atoms with E-state index >= 15 is 0 Å². The van der Waals surface area contributed by atoms with Gasteiger partial charge in [0.1, 0.15) is 5.75 Å². The molecule has 1 aromatic carbocycles. The van der Waals surface area contributed by atoms with Crippen molar-refractivity contribution in [2.45, 2.75) is 24.4 Å². The maximum Gasteiger partial charge on any atom is 0.422 e. The molecule has 1 unspecified atom stereocenters. The number of fused-ring (bicyclic) bond motifs is 1. The van der Waals surface area contributed by atoms with Crippen molar-refractivity contribution in [2.75, 3.05) is 17.2 Å². The highest BCUT2D eigenvalue weighted by atomic mass is 32.2. The van der Waals surface area contributed by atoms with Crippen molar-refractivity contribution in [3.8, 4) is 5.75 Å². The molecular weight excluding hydrogens is 355 g/mol. The third-order valence-electron chi connectivity index (χ3n) is 3.69. The molecular formula is C16H16F3N3O2S. The Morgan fingerprint density at radius 3 is 2.44 bits per heavy atom. The molecule has 134 valence electrons. The van der Waals surface area contributed by atoms with Gasteiger partial charge in [-0.15, -0.1) is 0 Å². The molecule has 2 N–H and O–H groups in total. The van der Waals surface area contributed by atoms with E-state index in [1.54, 1.807) is 6.92 Å². The van der Waals surface area contributed by atoms with Crippen LogP contribution < -0.4 is 15.4 Å². The Balaban J connectivity index is 1.68. The number of ether oxygens (including phenoxy) is 1. The first kappa shape index (κ1) is 17.5. The number of hydrogen-bond donors (Lipinski definition) is 2. The molecule has 0 bridgehead atoms. The molecule has 0 saturated carbocycles. The maximum absolute atomic E-state index is 12.6. The average molecular weight is 371 g/mol. The van der Waals surface area contributed by atoms with Crippen molar-refractivity contribution in [1.29, 1.82) is 0 Å². The predicted octanol–water partition coefficient (Wildman–Crippen LogP) is 3.40. The van der Waals surface area contributed by atoms with E-state index in [4.69, 9.17) is 4.74 Å². The van der Waals surface area contributed by atoms with E-state index in [1.807, 2.05) is 24.3 Å². The van der Waals surface area contributed by atoms with Gasteiger partial charge in [0.15, 0.2) is 12.1 Å². The van der Waals surface area contributed by atoms with Crippen LogP contribution in [0.4, 0.5) is 24.5 Å². The molecule has 1 aromatic heterocycles. The van der Waals surface area contributed by atoms with Gasteiger partial charge >= 0.3 is 6.18 Å². The predicted molar refractivity (Wildman–Crippen MR) is 89.8 cm³/mol. The molecule has 0 radical (unpaired) electrons. The Morgan fingerprint density at radius 2 is 1.84 bits per heavy atom. The zero-order valence-corrected chi connectivity index (χ0v) is 14.1. The van der Waals surface area contributed by atoms with Gasteiger partial charge in [-0.3, -0.25) is 9.19 Å². The second-order valence-corrected chi connectivity index (χ2v) is 7.05. The van der Waals surface area contributed by atoms with E-state index in [9.17, 15) is 17.4 Å². The van der Waals surface area contributed by atoms with E-state index in [1.165, 1.54) is 12.3 Å². The number of alkyl halides is 3. The van der Waals surface area contributed by atoms with Crippen LogP contribution in [0.5, 0.6) is 5.75 Å². The van der Waals surface area contributed by atoms with Gasteiger partial charge in [0.25, 0.3) is 0 Å². The maximum atomic E-state index is 12.6. The molecule has 25 heavy (non-hydrogen) atoms. The molecule has 1 atom stereocenters. The number of rotatable bonds is 5. The number of hydrogen-bond acceptors (Lipinski definition) is 5. The SMILES string of the molecule is Cc1c(OCC(F)(F)F)ccnc1CS(=O)C1Nc2ccccc2N1. The lowest BCUT2D eigenvalue weighted by molar-refractivity contribution is -0.153. The van der Waals surface area contributed by atoms with Gasteiger partial charge in [0, 0.05) is 11.8 Å². The summed E-state index contributed by atoms with van der Waals surface area (Å²) in [6.07, 6.45) is -3.06. The van der Waals surface area contributed by atoms with Gasteiger partial charge in [-0.05, 0) is 25.1 Å².